The summed E-state index contributed by atoms with van der Waals surface area (Å²) >= 11 is 0. The number of rotatable bonds is 4. The Kier molecular flexibility index (Phi) is 4.30. The highest BCUT2D eigenvalue weighted by molar-refractivity contribution is 5.86. The highest BCUT2D eigenvalue weighted by Crippen LogP contribution is 2.40. The zero-order chi connectivity index (χ0) is 18.1. The number of carboxylic acids is 1. The van der Waals surface area contributed by atoms with Gasteiger partial charge in [-0.2, -0.15) is 0 Å². The zero-order valence-electron chi connectivity index (χ0n) is 14.5. The minimum atomic E-state index is -1.01. The van der Waals surface area contributed by atoms with Crippen LogP contribution in [-0.2, 0) is 4.79 Å². The van der Waals surface area contributed by atoms with E-state index in [9.17, 15) is 4.79 Å². The number of hydrogen-bond acceptors (Lipinski definition) is 6. The third kappa shape index (κ3) is 3.25. The number of hydrogen-bond donors (Lipinski definition) is 1. The van der Waals surface area contributed by atoms with Gasteiger partial charge in [-0.25, -0.2) is 4.79 Å². The lowest BCUT2D eigenvalue weighted by Crippen LogP contribution is -2.44. The Morgan fingerprint density at radius 1 is 1.12 bits per heavy atom. The van der Waals surface area contributed by atoms with Crippen LogP contribution in [0.25, 0.3) is 17.4 Å². The first-order chi connectivity index (χ1) is 12.6. The van der Waals surface area contributed by atoms with E-state index in [-0.39, 0.29) is 6.79 Å². The first-order valence-corrected chi connectivity index (χ1v) is 8.48. The number of ether oxygens (including phenoxy) is 2. The molecule has 26 heavy (non-hydrogen) atoms. The van der Waals surface area contributed by atoms with E-state index in [1.54, 1.807) is 0 Å². The van der Waals surface area contributed by atoms with Gasteiger partial charge in [0.15, 0.2) is 17.3 Å². The number of likely N-dealkylation sites (N-methyl/N-ethyl adjacent to an activating group) is 1. The Hall–Kier alpha value is -2.93. The van der Waals surface area contributed by atoms with Gasteiger partial charge in [-0.15, -0.1) is 0 Å². The van der Waals surface area contributed by atoms with E-state index in [4.69, 9.17) is 19.0 Å². The van der Waals surface area contributed by atoms with E-state index in [2.05, 4.69) is 16.8 Å². The van der Waals surface area contributed by atoms with Crippen LogP contribution in [0.3, 0.4) is 0 Å². The van der Waals surface area contributed by atoms with Crippen LogP contribution in [0.1, 0.15) is 5.76 Å². The van der Waals surface area contributed by atoms with Crippen molar-refractivity contribution in [1.82, 2.24) is 4.90 Å². The summed E-state index contributed by atoms with van der Waals surface area (Å²) in [5.41, 5.74) is 1.83. The molecule has 0 radical (unpaired) electrons. The van der Waals surface area contributed by atoms with Gasteiger partial charge in [-0.05, 0) is 31.3 Å². The molecule has 0 bridgehead atoms. The number of carbonyl (C=O) groups is 1. The Labute approximate surface area is 151 Å². The van der Waals surface area contributed by atoms with E-state index in [0.717, 1.165) is 43.5 Å². The number of nitrogens with zero attached hydrogens (tertiary/aromatic N) is 2. The van der Waals surface area contributed by atoms with Gasteiger partial charge in [-0.1, -0.05) is 0 Å². The molecule has 1 aromatic carbocycles. The molecule has 0 unspecified atom stereocenters. The second-order valence-corrected chi connectivity index (χ2v) is 6.39. The number of fused-ring (bicyclic) bond motifs is 1. The van der Waals surface area contributed by atoms with Crippen molar-refractivity contribution in [2.75, 3.05) is 44.9 Å². The molecule has 1 saturated heterocycles. The number of carboxylic acid groups (broad SMARTS) is 1. The standard InChI is InChI=1S/C19H20N2O5/c1-20-6-8-21(9-7-20)15-11-14(3-5-18(22)23)26-19(15)13-2-4-16-17(10-13)25-12-24-16/h2-5,10-11H,6-9,12H2,1H3,(H,22,23)/b5-3+. The SMILES string of the molecule is CN1CCN(c2cc(/C=C/C(=O)O)oc2-c2ccc3c(c2)OCO3)CC1. The minimum Gasteiger partial charge on any atom is -0.478 e. The molecule has 2 aliphatic heterocycles. The normalized spacial score (nSPS) is 17.2. The van der Waals surface area contributed by atoms with E-state index < -0.39 is 5.97 Å². The first kappa shape index (κ1) is 16.5. The molecule has 2 aliphatic rings. The highest BCUT2D eigenvalue weighted by Gasteiger charge is 2.23. The predicted octanol–water partition coefficient (Wildman–Crippen LogP) is 2.52. The van der Waals surface area contributed by atoms with Crippen LogP contribution in [0.5, 0.6) is 11.5 Å². The average molecular weight is 356 g/mol. The largest absolute Gasteiger partial charge is 0.478 e. The fraction of sp³-hybridized carbons (Fsp3) is 0.316. The Balaban J connectivity index is 1.72. The van der Waals surface area contributed by atoms with Gasteiger partial charge in [0.05, 0.1) is 5.69 Å². The van der Waals surface area contributed by atoms with Crippen LogP contribution in [-0.4, -0.2) is 56.0 Å². The smallest absolute Gasteiger partial charge is 0.328 e. The number of piperazine rings is 1. The van der Waals surface area contributed by atoms with Gasteiger partial charge in [0, 0.05) is 43.9 Å². The van der Waals surface area contributed by atoms with E-state index >= 15 is 0 Å². The first-order valence-electron chi connectivity index (χ1n) is 8.48. The zero-order valence-corrected chi connectivity index (χ0v) is 14.5. The average Bonchev–Trinajstić information content (AvgIpc) is 3.26. The lowest BCUT2D eigenvalue weighted by molar-refractivity contribution is -0.131. The van der Waals surface area contributed by atoms with Gasteiger partial charge in [0.1, 0.15) is 5.76 Å². The van der Waals surface area contributed by atoms with Crippen molar-refractivity contribution < 1.29 is 23.8 Å². The van der Waals surface area contributed by atoms with Crippen molar-refractivity contribution in [3.05, 3.63) is 36.1 Å². The second kappa shape index (κ2) is 6.76. The summed E-state index contributed by atoms with van der Waals surface area (Å²) in [6.45, 7) is 3.91. The molecule has 1 N–H and O–H groups in total. The van der Waals surface area contributed by atoms with E-state index in [1.807, 2.05) is 24.3 Å². The monoisotopic (exact) mass is 356 g/mol. The maximum absolute atomic E-state index is 10.8. The van der Waals surface area contributed by atoms with Gasteiger partial charge in [-0.3, -0.25) is 0 Å². The van der Waals surface area contributed by atoms with Crippen LogP contribution in [0.4, 0.5) is 5.69 Å². The number of furan rings is 1. The number of aliphatic carboxylic acids is 1. The number of benzene rings is 1. The van der Waals surface area contributed by atoms with Crippen molar-refractivity contribution in [2.24, 2.45) is 0 Å². The molecule has 0 amide bonds. The summed E-state index contributed by atoms with van der Waals surface area (Å²) in [5, 5.41) is 8.88. The van der Waals surface area contributed by atoms with Gasteiger partial charge in [0.2, 0.25) is 6.79 Å². The minimum absolute atomic E-state index is 0.217. The molecular weight excluding hydrogens is 336 g/mol. The summed E-state index contributed by atoms with van der Waals surface area (Å²) in [5.74, 6) is 1.61. The van der Waals surface area contributed by atoms with Crippen LogP contribution >= 0.6 is 0 Å². The van der Waals surface area contributed by atoms with Gasteiger partial charge >= 0.3 is 5.97 Å². The molecular formula is C19H20N2O5. The van der Waals surface area contributed by atoms with Crippen molar-refractivity contribution in [1.29, 1.82) is 0 Å². The highest BCUT2D eigenvalue weighted by atomic mass is 16.7. The van der Waals surface area contributed by atoms with Crippen molar-refractivity contribution in [3.63, 3.8) is 0 Å². The van der Waals surface area contributed by atoms with E-state index in [0.29, 0.717) is 23.0 Å². The summed E-state index contributed by atoms with van der Waals surface area (Å²) < 4.78 is 16.8. The molecule has 7 nitrogen and oxygen atoms in total. The molecule has 1 fully saturated rings. The summed E-state index contributed by atoms with van der Waals surface area (Å²) in [6.07, 6.45) is 2.55. The van der Waals surface area contributed by atoms with Gasteiger partial charge < -0.3 is 28.8 Å². The molecule has 136 valence electrons. The molecule has 0 spiro atoms. The molecule has 4 rings (SSSR count). The van der Waals surface area contributed by atoms with Crippen LogP contribution in [0.15, 0.2) is 34.8 Å². The third-order valence-electron chi connectivity index (χ3n) is 4.60. The lowest BCUT2D eigenvalue weighted by Gasteiger charge is -2.33. The van der Waals surface area contributed by atoms with Crippen molar-refractivity contribution >= 4 is 17.7 Å². The molecule has 7 heteroatoms. The van der Waals surface area contributed by atoms with Crippen LogP contribution < -0.4 is 14.4 Å². The van der Waals surface area contributed by atoms with Crippen molar-refractivity contribution in [2.45, 2.75) is 0 Å². The Morgan fingerprint density at radius 2 is 1.88 bits per heavy atom. The maximum Gasteiger partial charge on any atom is 0.328 e. The van der Waals surface area contributed by atoms with Crippen LogP contribution in [0, 0.1) is 0 Å². The molecule has 1 aromatic heterocycles. The lowest BCUT2D eigenvalue weighted by atomic mass is 10.1. The molecule has 0 atom stereocenters. The Morgan fingerprint density at radius 3 is 2.65 bits per heavy atom. The molecule has 2 aromatic rings. The van der Waals surface area contributed by atoms with Crippen molar-refractivity contribution in [3.8, 4) is 22.8 Å². The third-order valence-corrected chi connectivity index (χ3v) is 4.60. The second-order valence-electron chi connectivity index (χ2n) is 6.39. The fourth-order valence-electron chi connectivity index (χ4n) is 3.16. The Bertz CT molecular complexity index is 850. The van der Waals surface area contributed by atoms with E-state index in [1.165, 1.54) is 6.08 Å². The summed E-state index contributed by atoms with van der Waals surface area (Å²) in [7, 11) is 2.10. The quantitative estimate of drug-likeness (QED) is 0.844. The molecule has 0 saturated carbocycles. The molecule has 3 heterocycles. The number of anilines is 1. The molecule has 0 aliphatic carbocycles. The fourth-order valence-corrected chi connectivity index (χ4v) is 3.16. The van der Waals surface area contributed by atoms with Crippen LogP contribution in [0.2, 0.25) is 0 Å². The topological polar surface area (TPSA) is 75.4 Å². The summed E-state index contributed by atoms with van der Waals surface area (Å²) in [6, 6.07) is 7.58. The maximum atomic E-state index is 10.8. The van der Waals surface area contributed by atoms with Gasteiger partial charge in [0.25, 0.3) is 0 Å². The summed E-state index contributed by atoms with van der Waals surface area (Å²) in [4.78, 5) is 15.4. The predicted molar refractivity (Wildman–Crippen MR) is 96.6 cm³/mol.